The van der Waals surface area contributed by atoms with Gasteiger partial charge in [0.15, 0.2) is 0 Å². The van der Waals surface area contributed by atoms with E-state index in [1.54, 1.807) is 0 Å². The molecule has 2 N–H and O–H groups in total. The highest BCUT2D eigenvalue weighted by molar-refractivity contribution is 7.99. The zero-order chi connectivity index (χ0) is 5.11. The summed E-state index contributed by atoms with van der Waals surface area (Å²) >= 11 is 1.98. The lowest BCUT2D eigenvalue weighted by Gasteiger charge is -2.15. The zero-order valence-electron chi connectivity index (χ0n) is 4.39. The van der Waals surface area contributed by atoms with Crippen molar-refractivity contribution in [2.45, 2.75) is 18.9 Å². The molecule has 2 heteroatoms. The summed E-state index contributed by atoms with van der Waals surface area (Å²) in [5.74, 6) is 2.51. The van der Waals surface area contributed by atoms with E-state index in [0.29, 0.717) is 6.04 Å². The Morgan fingerprint density at radius 2 is 2.43 bits per heavy atom. The van der Waals surface area contributed by atoms with Crippen LogP contribution < -0.4 is 5.73 Å². The summed E-state index contributed by atoms with van der Waals surface area (Å²) in [7, 11) is 0. The molecule has 1 aliphatic rings. The third-order valence-electron chi connectivity index (χ3n) is 1.20. The average molecular weight is 117 g/mol. The van der Waals surface area contributed by atoms with Gasteiger partial charge < -0.3 is 5.73 Å². The number of hydrogen-bond donors (Lipinski definition) is 1. The summed E-state index contributed by atoms with van der Waals surface area (Å²) in [5.41, 5.74) is 5.61. The Labute approximate surface area is 48.7 Å². The van der Waals surface area contributed by atoms with Crippen molar-refractivity contribution in [2.75, 3.05) is 11.5 Å². The van der Waals surface area contributed by atoms with Gasteiger partial charge in [0.2, 0.25) is 0 Å². The average Bonchev–Trinajstić information content (AvgIpc) is 1.69. The molecule has 0 bridgehead atoms. The van der Waals surface area contributed by atoms with E-state index in [0.717, 1.165) is 0 Å². The van der Waals surface area contributed by atoms with E-state index in [2.05, 4.69) is 0 Å². The van der Waals surface area contributed by atoms with Gasteiger partial charge in [-0.1, -0.05) is 0 Å². The van der Waals surface area contributed by atoms with Crippen molar-refractivity contribution in [3.63, 3.8) is 0 Å². The third kappa shape index (κ3) is 1.70. The van der Waals surface area contributed by atoms with E-state index < -0.39 is 0 Å². The van der Waals surface area contributed by atoms with Gasteiger partial charge in [-0.15, -0.1) is 0 Å². The summed E-state index contributed by atoms with van der Waals surface area (Å²) in [6.45, 7) is 0. The minimum absolute atomic E-state index is 0.499. The van der Waals surface area contributed by atoms with Crippen LogP contribution in [0.25, 0.3) is 0 Å². The van der Waals surface area contributed by atoms with Crippen molar-refractivity contribution in [1.82, 2.24) is 0 Å². The summed E-state index contributed by atoms with van der Waals surface area (Å²) < 4.78 is 0. The monoisotopic (exact) mass is 117 g/mol. The number of nitrogens with two attached hydrogens (primary N) is 1. The lowest BCUT2D eigenvalue weighted by Crippen LogP contribution is -2.25. The van der Waals surface area contributed by atoms with Crippen LogP contribution in [0.1, 0.15) is 12.8 Å². The zero-order valence-corrected chi connectivity index (χ0v) is 5.21. The van der Waals surface area contributed by atoms with Crippen molar-refractivity contribution in [2.24, 2.45) is 5.73 Å². The van der Waals surface area contributed by atoms with Crippen LogP contribution in [0.3, 0.4) is 0 Å². The molecule has 0 aromatic rings. The van der Waals surface area contributed by atoms with E-state index in [4.69, 9.17) is 5.73 Å². The van der Waals surface area contributed by atoms with Gasteiger partial charge in [-0.05, 0) is 18.6 Å². The fourth-order valence-electron chi connectivity index (χ4n) is 0.766. The van der Waals surface area contributed by atoms with Crippen LogP contribution >= 0.6 is 11.8 Å². The smallest absolute Gasteiger partial charge is 0.0130 e. The van der Waals surface area contributed by atoms with Crippen LogP contribution in [0.4, 0.5) is 0 Å². The SMILES string of the molecule is N[C@H]1CCCSC1. The second-order valence-corrected chi connectivity index (χ2v) is 3.13. The molecule has 0 unspecified atom stereocenters. The summed E-state index contributed by atoms with van der Waals surface area (Å²) in [4.78, 5) is 0. The van der Waals surface area contributed by atoms with Crippen molar-refractivity contribution in [3.05, 3.63) is 0 Å². The van der Waals surface area contributed by atoms with E-state index >= 15 is 0 Å². The van der Waals surface area contributed by atoms with Crippen LogP contribution in [0.15, 0.2) is 0 Å². The standard InChI is InChI=1S/C5H11NS/c6-5-2-1-3-7-4-5/h5H,1-4,6H2/t5-/m0/s1. The molecule has 1 heterocycles. The number of rotatable bonds is 0. The lowest BCUT2D eigenvalue weighted by molar-refractivity contribution is 0.648. The van der Waals surface area contributed by atoms with Gasteiger partial charge in [-0.3, -0.25) is 0 Å². The summed E-state index contributed by atoms with van der Waals surface area (Å²) in [5, 5.41) is 0. The first-order valence-electron chi connectivity index (χ1n) is 2.73. The van der Waals surface area contributed by atoms with Gasteiger partial charge >= 0.3 is 0 Å². The van der Waals surface area contributed by atoms with Gasteiger partial charge in [-0.25, -0.2) is 0 Å². The molecule has 0 spiro atoms. The molecule has 0 amide bonds. The Morgan fingerprint density at radius 3 is 2.71 bits per heavy atom. The summed E-state index contributed by atoms with van der Waals surface area (Å²) in [6.07, 6.45) is 2.57. The van der Waals surface area contributed by atoms with Crippen molar-refractivity contribution < 1.29 is 0 Å². The van der Waals surface area contributed by atoms with Crippen LogP contribution in [-0.4, -0.2) is 17.5 Å². The number of thioether (sulfide) groups is 1. The molecule has 0 aliphatic carbocycles. The maximum Gasteiger partial charge on any atom is 0.0130 e. The molecule has 0 radical (unpaired) electrons. The maximum absolute atomic E-state index is 5.61. The molecule has 0 aromatic carbocycles. The highest BCUT2D eigenvalue weighted by Gasteiger charge is 2.06. The van der Waals surface area contributed by atoms with E-state index in [1.807, 2.05) is 11.8 Å². The lowest BCUT2D eigenvalue weighted by atomic mass is 10.2. The second-order valence-electron chi connectivity index (χ2n) is 1.98. The topological polar surface area (TPSA) is 26.0 Å². The van der Waals surface area contributed by atoms with E-state index in [-0.39, 0.29) is 0 Å². The molecule has 42 valence electrons. The number of hydrogen-bond acceptors (Lipinski definition) is 2. The summed E-state index contributed by atoms with van der Waals surface area (Å²) in [6, 6.07) is 0.499. The largest absolute Gasteiger partial charge is 0.327 e. The molecular weight excluding hydrogens is 106 g/mol. The molecule has 1 nitrogen and oxygen atoms in total. The molecular formula is C5H11NS. The van der Waals surface area contributed by atoms with E-state index in [9.17, 15) is 0 Å². The molecule has 7 heavy (non-hydrogen) atoms. The van der Waals surface area contributed by atoms with Gasteiger partial charge in [0.05, 0.1) is 0 Å². The first kappa shape index (κ1) is 5.45. The Kier molecular flexibility index (Phi) is 2.00. The van der Waals surface area contributed by atoms with Crippen LogP contribution in [0, 0.1) is 0 Å². The Balaban J connectivity index is 2.12. The molecule has 1 atom stereocenters. The molecule has 1 saturated heterocycles. The van der Waals surface area contributed by atoms with Crippen LogP contribution in [0.2, 0.25) is 0 Å². The highest BCUT2D eigenvalue weighted by Crippen LogP contribution is 2.14. The van der Waals surface area contributed by atoms with E-state index in [1.165, 1.54) is 24.3 Å². The van der Waals surface area contributed by atoms with Crippen molar-refractivity contribution in [3.8, 4) is 0 Å². The minimum atomic E-state index is 0.499. The Morgan fingerprint density at radius 1 is 1.57 bits per heavy atom. The molecule has 0 aromatic heterocycles. The third-order valence-corrected chi connectivity index (χ3v) is 2.44. The van der Waals surface area contributed by atoms with Crippen molar-refractivity contribution >= 4 is 11.8 Å². The molecule has 1 aliphatic heterocycles. The van der Waals surface area contributed by atoms with Gasteiger partial charge in [-0.2, -0.15) is 11.8 Å². The van der Waals surface area contributed by atoms with Gasteiger partial charge in [0, 0.05) is 11.8 Å². The van der Waals surface area contributed by atoms with Crippen LogP contribution in [-0.2, 0) is 0 Å². The Hall–Kier alpha value is 0.310. The minimum Gasteiger partial charge on any atom is -0.327 e. The Bertz CT molecular complexity index is 50.0. The predicted molar refractivity (Wildman–Crippen MR) is 34.5 cm³/mol. The normalized spacial score (nSPS) is 33.0. The fourth-order valence-corrected chi connectivity index (χ4v) is 1.77. The molecule has 0 saturated carbocycles. The first-order chi connectivity index (χ1) is 3.39. The first-order valence-corrected chi connectivity index (χ1v) is 3.88. The predicted octanol–water partition coefficient (Wildman–Crippen LogP) is 0.841. The highest BCUT2D eigenvalue weighted by atomic mass is 32.2. The van der Waals surface area contributed by atoms with Gasteiger partial charge in [0.1, 0.15) is 0 Å². The fraction of sp³-hybridized carbons (Fsp3) is 1.00. The molecule has 1 rings (SSSR count). The van der Waals surface area contributed by atoms with Crippen LogP contribution in [0.5, 0.6) is 0 Å². The quantitative estimate of drug-likeness (QED) is 0.509. The molecule has 1 fully saturated rings. The van der Waals surface area contributed by atoms with Crippen molar-refractivity contribution in [1.29, 1.82) is 0 Å². The van der Waals surface area contributed by atoms with Gasteiger partial charge in [0.25, 0.3) is 0 Å². The second kappa shape index (κ2) is 2.58. The maximum atomic E-state index is 5.61.